The Bertz CT molecular complexity index is 933. The molecule has 0 unspecified atom stereocenters. The molecular weight excluding hydrogens is 360 g/mol. The van der Waals surface area contributed by atoms with Crippen LogP contribution in [0.3, 0.4) is 0 Å². The lowest BCUT2D eigenvalue weighted by atomic mass is 10.1. The number of carbonyl (C=O) groups excluding carboxylic acids is 1. The van der Waals surface area contributed by atoms with Crippen LogP contribution in [0.5, 0.6) is 5.75 Å². The molecule has 0 aliphatic rings. The van der Waals surface area contributed by atoms with Gasteiger partial charge in [-0.1, -0.05) is 15.9 Å². The highest BCUT2D eigenvalue weighted by atomic mass is 79.9. The van der Waals surface area contributed by atoms with Crippen molar-refractivity contribution in [2.45, 2.75) is 6.42 Å². The topological polar surface area (TPSA) is 72.0 Å². The van der Waals surface area contributed by atoms with E-state index in [1.807, 2.05) is 6.07 Å². The van der Waals surface area contributed by atoms with Crippen molar-refractivity contribution in [2.75, 3.05) is 7.11 Å². The molecule has 1 heterocycles. The summed E-state index contributed by atoms with van der Waals surface area (Å²) >= 11 is 3.34. The van der Waals surface area contributed by atoms with Crippen LogP contribution in [0.15, 0.2) is 51.7 Å². The number of H-pyrrole nitrogens is 1. The molecule has 0 bridgehead atoms. The maximum atomic E-state index is 12.3. The summed E-state index contributed by atoms with van der Waals surface area (Å²) in [6, 6.07) is 12.2. The molecule has 2 aromatic carbocycles. The summed E-state index contributed by atoms with van der Waals surface area (Å²) in [6.45, 7) is 0. The van der Waals surface area contributed by atoms with Gasteiger partial charge in [0.1, 0.15) is 11.4 Å². The van der Waals surface area contributed by atoms with Gasteiger partial charge in [-0.05, 0) is 42.5 Å². The van der Waals surface area contributed by atoms with Crippen LogP contribution < -0.4 is 10.3 Å². The number of nitrogens with zero attached hydrogens (tertiary/aromatic N) is 1. The number of hydrogen-bond donors (Lipinski definition) is 1. The molecule has 0 spiro atoms. The molecule has 0 amide bonds. The summed E-state index contributed by atoms with van der Waals surface area (Å²) in [6.07, 6.45) is -0.0480. The maximum absolute atomic E-state index is 12.3. The minimum absolute atomic E-state index is 0.0480. The maximum Gasteiger partial charge on any atom is 0.270 e. The third-order valence-corrected chi connectivity index (χ3v) is 3.96. The van der Waals surface area contributed by atoms with E-state index in [1.165, 1.54) is 0 Å². The number of ether oxygens (including phenoxy) is 1. The minimum atomic E-state index is -0.350. The van der Waals surface area contributed by atoms with Crippen molar-refractivity contribution in [3.05, 3.63) is 68.5 Å². The fourth-order valence-corrected chi connectivity index (χ4v) is 2.61. The summed E-state index contributed by atoms with van der Waals surface area (Å²) < 4.78 is 5.91. The van der Waals surface area contributed by atoms with Crippen molar-refractivity contribution in [3.63, 3.8) is 0 Å². The van der Waals surface area contributed by atoms with Crippen LogP contribution in [0.25, 0.3) is 11.0 Å². The monoisotopic (exact) mass is 372 g/mol. The smallest absolute Gasteiger partial charge is 0.270 e. The Morgan fingerprint density at radius 1 is 1.22 bits per heavy atom. The molecule has 0 atom stereocenters. The van der Waals surface area contributed by atoms with Crippen LogP contribution in [-0.2, 0) is 6.42 Å². The SMILES string of the molecule is COc1ccc(C(=O)Cc2nc3ccc(Br)cc3[nH]c2=O)cc1. The van der Waals surface area contributed by atoms with Gasteiger partial charge in [-0.2, -0.15) is 0 Å². The highest BCUT2D eigenvalue weighted by Gasteiger charge is 2.12. The molecule has 3 aromatic rings. The van der Waals surface area contributed by atoms with Crippen LogP contribution in [-0.4, -0.2) is 22.9 Å². The van der Waals surface area contributed by atoms with Gasteiger partial charge in [-0.25, -0.2) is 4.98 Å². The number of halogens is 1. The van der Waals surface area contributed by atoms with Crippen LogP contribution in [0.1, 0.15) is 16.1 Å². The van der Waals surface area contributed by atoms with E-state index in [2.05, 4.69) is 25.9 Å². The molecule has 0 aliphatic heterocycles. The van der Waals surface area contributed by atoms with Crippen molar-refractivity contribution < 1.29 is 9.53 Å². The fraction of sp³-hybridized carbons (Fsp3) is 0.118. The van der Waals surface area contributed by atoms with Crippen molar-refractivity contribution in [1.29, 1.82) is 0 Å². The van der Waals surface area contributed by atoms with Crippen LogP contribution in [0.4, 0.5) is 0 Å². The summed E-state index contributed by atoms with van der Waals surface area (Å²) in [5.41, 5.74) is 1.65. The molecule has 0 saturated heterocycles. The molecule has 1 aromatic heterocycles. The van der Waals surface area contributed by atoms with Crippen LogP contribution >= 0.6 is 15.9 Å². The van der Waals surface area contributed by atoms with E-state index in [1.54, 1.807) is 43.5 Å². The summed E-state index contributed by atoms with van der Waals surface area (Å²) in [5, 5.41) is 0. The molecule has 0 fully saturated rings. The molecule has 1 N–H and O–H groups in total. The van der Waals surface area contributed by atoms with Gasteiger partial charge in [0.2, 0.25) is 0 Å². The van der Waals surface area contributed by atoms with Crippen LogP contribution in [0.2, 0.25) is 0 Å². The zero-order valence-corrected chi connectivity index (χ0v) is 13.9. The number of rotatable bonds is 4. The number of ketones is 1. The molecule has 0 radical (unpaired) electrons. The number of aromatic amines is 1. The number of nitrogens with one attached hydrogen (secondary N) is 1. The Morgan fingerprint density at radius 2 is 1.96 bits per heavy atom. The van der Waals surface area contributed by atoms with Gasteiger partial charge in [0.25, 0.3) is 5.56 Å². The second-order valence-corrected chi connectivity index (χ2v) is 5.92. The van der Waals surface area contributed by atoms with Gasteiger partial charge < -0.3 is 9.72 Å². The second kappa shape index (κ2) is 6.34. The quantitative estimate of drug-likeness (QED) is 0.714. The Hall–Kier alpha value is -2.47. The third kappa shape index (κ3) is 3.32. The molecular formula is C17H13BrN2O3. The van der Waals surface area contributed by atoms with Gasteiger partial charge in [-0.3, -0.25) is 9.59 Å². The Balaban J connectivity index is 1.90. The van der Waals surface area contributed by atoms with Gasteiger partial charge in [0, 0.05) is 10.0 Å². The van der Waals surface area contributed by atoms with E-state index in [0.717, 1.165) is 4.47 Å². The van der Waals surface area contributed by atoms with Crippen molar-refractivity contribution in [2.24, 2.45) is 0 Å². The lowest BCUT2D eigenvalue weighted by Gasteiger charge is -2.04. The Labute approximate surface area is 140 Å². The largest absolute Gasteiger partial charge is 0.497 e. The highest BCUT2D eigenvalue weighted by Crippen LogP contribution is 2.16. The number of methoxy groups -OCH3 is 1. The van der Waals surface area contributed by atoms with Gasteiger partial charge >= 0.3 is 0 Å². The molecule has 0 aliphatic carbocycles. The zero-order chi connectivity index (χ0) is 16.4. The molecule has 116 valence electrons. The van der Waals surface area contributed by atoms with E-state index < -0.39 is 0 Å². The molecule has 5 nitrogen and oxygen atoms in total. The number of aromatic nitrogens is 2. The summed E-state index contributed by atoms with van der Waals surface area (Å²) in [5.74, 6) is 0.510. The highest BCUT2D eigenvalue weighted by molar-refractivity contribution is 9.10. The van der Waals surface area contributed by atoms with E-state index in [4.69, 9.17) is 4.74 Å². The predicted octanol–water partition coefficient (Wildman–Crippen LogP) is 3.12. The summed E-state index contributed by atoms with van der Waals surface area (Å²) in [7, 11) is 1.56. The van der Waals surface area contributed by atoms with E-state index in [0.29, 0.717) is 22.3 Å². The fourth-order valence-electron chi connectivity index (χ4n) is 2.25. The zero-order valence-electron chi connectivity index (χ0n) is 12.3. The first-order chi connectivity index (χ1) is 11.1. The Morgan fingerprint density at radius 3 is 2.65 bits per heavy atom. The lowest BCUT2D eigenvalue weighted by Crippen LogP contribution is -2.19. The first-order valence-corrected chi connectivity index (χ1v) is 7.72. The standard InChI is InChI=1S/C17H13BrN2O3/c1-23-12-5-2-10(3-6-12)16(21)9-15-17(22)20-14-8-11(18)4-7-13(14)19-15/h2-8H,9H2,1H3,(H,20,22). The van der Waals surface area contributed by atoms with E-state index in [-0.39, 0.29) is 23.5 Å². The normalized spacial score (nSPS) is 10.7. The van der Waals surface area contributed by atoms with Gasteiger partial charge in [0.15, 0.2) is 5.78 Å². The van der Waals surface area contributed by atoms with Crippen molar-refractivity contribution >= 4 is 32.7 Å². The predicted molar refractivity (Wildman–Crippen MR) is 91.1 cm³/mol. The molecule has 23 heavy (non-hydrogen) atoms. The summed E-state index contributed by atoms with van der Waals surface area (Å²) in [4.78, 5) is 31.5. The van der Waals surface area contributed by atoms with E-state index >= 15 is 0 Å². The van der Waals surface area contributed by atoms with Gasteiger partial charge in [-0.15, -0.1) is 0 Å². The first kappa shape index (κ1) is 15.4. The number of benzene rings is 2. The number of fused-ring (bicyclic) bond motifs is 1. The molecule has 3 rings (SSSR count). The van der Waals surface area contributed by atoms with Crippen molar-refractivity contribution in [1.82, 2.24) is 9.97 Å². The average Bonchev–Trinajstić information content (AvgIpc) is 2.55. The average molecular weight is 373 g/mol. The molecule has 6 heteroatoms. The number of carbonyl (C=O) groups is 1. The second-order valence-electron chi connectivity index (χ2n) is 5.00. The number of hydrogen-bond acceptors (Lipinski definition) is 4. The first-order valence-electron chi connectivity index (χ1n) is 6.92. The lowest BCUT2D eigenvalue weighted by molar-refractivity contribution is 0.0991. The third-order valence-electron chi connectivity index (χ3n) is 3.46. The van der Waals surface area contributed by atoms with E-state index in [9.17, 15) is 9.59 Å². The van der Waals surface area contributed by atoms with Crippen molar-refractivity contribution in [3.8, 4) is 5.75 Å². The number of Topliss-reactive ketones (excluding diaryl/α,β-unsaturated/α-hetero) is 1. The van der Waals surface area contributed by atoms with Gasteiger partial charge in [0.05, 0.1) is 24.6 Å². The Kier molecular flexibility index (Phi) is 4.25. The van der Waals surface area contributed by atoms with Crippen LogP contribution in [0, 0.1) is 0 Å². The molecule has 0 saturated carbocycles. The minimum Gasteiger partial charge on any atom is -0.497 e.